The second-order valence-electron chi connectivity index (χ2n) is 17.7. The molecule has 5 atom stereocenters. The molecule has 0 spiro atoms. The summed E-state index contributed by atoms with van der Waals surface area (Å²) < 4.78 is 9.89. The first-order valence-electron chi connectivity index (χ1n) is 22.5. The molecule has 2 fully saturated rings. The van der Waals surface area contributed by atoms with Crippen molar-refractivity contribution in [1.29, 1.82) is 0 Å². The molecule has 3 aromatic carbocycles. The maximum absolute atomic E-state index is 14.1. The highest BCUT2D eigenvalue weighted by Crippen LogP contribution is 2.37. The molecule has 5 aromatic rings. The zero-order valence-electron chi connectivity index (χ0n) is 38.3. The molecular formula is C50H62N8O6. The van der Waals surface area contributed by atoms with Crippen LogP contribution < -0.4 is 5.32 Å². The summed E-state index contributed by atoms with van der Waals surface area (Å²) in [5.74, 6) is 1.27. The molecule has 0 aliphatic carbocycles. The van der Waals surface area contributed by atoms with E-state index in [0.29, 0.717) is 19.6 Å². The van der Waals surface area contributed by atoms with Gasteiger partial charge >= 0.3 is 12.2 Å². The molecule has 2 saturated heterocycles. The Kier molecular flexibility index (Phi) is 14.2. The number of rotatable bonds is 13. The van der Waals surface area contributed by atoms with Crippen molar-refractivity contribution in [3.63, 3.8) is 0 Å². The highest BCUT2D eigenvalue weighted by molar-refractivity contribution is 5.91. The van der Waals surface area contributed by atoms with E-state index in [2.05, 4.69) is 82.9 Å². The standard InChI is InChI=1S/C50H62N8O6/c1-9-22-58(50(62)64-8)43(31(4)5)48(60)56-23-11-13-42(56)45-51-29-41(53-45)38-21-20-36-26-35(18-19-37(36)27-38)33-14-16-34(17-15-33)40-28-52-46(54-40)44-32(6)12-10-24-57(44)47(59)39(25-30(2)3)55-49(61)63-7/h14-21,25-29,31-32,39,42-44H,9-13,22-24H2,1-8H3,(H,51,53)(H,52,54)(H,55,61). The number of benzene rings is 3. The van der Waals surface area contributed by atoms with E-state index >= 15 is 0 Å². The molecule has 14 nitrogen and oxygen atoms in total. The van der Waals surface area contributed by atoms with Crippen LogP contribution in [0.4, 0.5) is 9.59 Å². The van der Waals surface area contributed by atoms with E-state index in [-0.39, 0.29) is 35.7 Å². The summed E-state index contributed by atoms with van der Waals surface area (Å²) in [5, 5.41) is 4.89. The van der Waals surface area contributed by atoms with Crippen molar-refractivity contribution in [2.75, 3.05) is 33.9 Å². The van der Waals surface area contributed by atoms with Crippen LogP contribution in [0.1, 0.15) is 97.4 Å². The minimum absolute atomic E-state index is 0.0754. The normalized spacial score (nSPS) is 18.4. The van der Waals surface area contributed by atoms with Crippen molar-refractivity contribution >= 4 is 34.8 Å². The van der Waals surface area contributed by atoms with Crippen molar-refractivity contribution in [1.82, 2.24) is 40.0 Å². The smallest absolute Gasteiger partial charge is 0.410 e. The molecule has 7 rings (SSSR count). The highest BCUT2D eigenvalue weighted by atomic mass is 16.5. The van der Waals surface area contributed by atoms with Crippen LogP contribution in [-0.2, 0) is 19.1 Å². The Labute approximate surface area is 375 Å². The summed E-state index contributed by atoms with van der Waals surface area (Å²) in [6, 6.07) is 19.2. The average Bonchev–Trinajstić information content (AvgIpc) is 4.10. The van der Waals surface area contributed by atoms with Gasteiger partial charge < -0.3 is 34.6 Å². The lowest BCUT2D eigenvalue weighted by molar-refractivity contribution is -0.139. The van der Waals surface area contributed by atoms with E-state index in [4.69, 9.17) is 19.4 Å². The van der Waals surface area contributed by atoms with Crippen molar-refractivity contribution < 1.29 is 28.7 Å². The molecule has 0 radical (unpaired) electrons. The van der Waals surface area contributed by atoms with Crippen molar-refractivity contribution in [3.8, 4) is 33.6 Å². The zero-order chi connectivity index (χ0) is 45.7. The van der Waals surface area contributed by atoms with Gasteiger partial charge in [-0.2, -0.15) is 0 Å². The Morgan fingerprint density at radius 2 is 1.39 bits per heavy atom. The number of nitrogens with zero attached hydrogens (tertiary/aromatic N) is 5. The van der Waals surface area contributed by atoms with E-state index < -0.39 is 24.3 Å². The largest absolute Gasteiger partial charge is 0.453 e. The number of nitrogens with one attached hydrogen (secondary N) is 3. The van der Waals surface area contributed by atoms with Crippen LogP contribution >= 0.6 is 0 Å². The van der Waals surface area contributed by atoms with Gasteiger partial charge in [-0.3, -0.25) is 14.5 Å². The molecule has 4 heterocycles. The first-order chi connectivity index (χ1) is 30.8. The maximum Gasteiger partial charge on any atom is 0.410 e. The van der Waals surface area contributed by atoms with Gasteiger partial charge in [0.2, 0.25) is 11.8 Å². The molecule has 338 valence electrons. The van der Waals surface area contributed by atoms with E-state index in [1.807, 2.05) is 56.8 Å². The monoisotopic (exact) mass is 870 g/mol. The van der Waals surface area contributed by atoms with Crippen LogP contribution in [0, 0.1) is 11.8 Å². The van der Waals surface area contributed by atoms with Crippen molar-refractivity contribution in [3.05, 3.63) is 96.4 Å². The number of amides is 4. The lowest BCUT2D eigenvalue weighted by Crippen LogP contribution is -2.53. The second kappa shape index (κ2) is 19.9. The third-order valence-corrected chi connectivity index (χ3v) is 12.5. The van der Waals surface area contributed by atoms with Gasteiger partial charge in [0.05, 0.1) is 50.1 Å². The van der Waals surface area contributed by atoms with Gasteiger partial charge in [-0.25, -0.2) is 19.6 Å². The molecule has 0 saturated carbocycles. The van der Waals surface area contributed by atoms with Gasteiger partial charge in [0.15, 0.2) is 0 Å². The number of likely N-dealkylation sites (tertiary alicyclic amines) is 2. The number of aromatic nitrogens is 4. The second-order valence-corrected chi connectivity index (χ2v) is 17.7. The predicted molar refractivity (Wildman–Crippen MR) is 248 cm³/mol. The molecular weight excluding hydrogens is 809 g/mol. The van der Waals surface area contributed by atoms with Crippen LogP contribution in [0.25, 0.3) is 44.4 Å². The maximum atomic E-state index is 14.1. The number of carbonyl (C=O) groups is 4. The number of methoxy groups -OCH3 is 2. The fourth-order valence-corrected chi connectivity index (χ4v) is 9.41. The molecule has 3 N–H and O–H groups in total. The van der Waals surface area contributed by atoms with Crippen LogP contribution in [-0.4, -0.2) is 105 Å². The number of H-pyrrole nitrogens is 2. The molecule has 2 aromatic heterocycles. The Morgan fingerprint density at radius 3 is 2.05 bits per heavy atom. The summed E-state index contributed by atoms with van der Waals surface area (Å²) in [6.45, 7) is 13.5. The number of alkyl carbamates (subject to hydrolysis) is 1. The minimum Gasteiger partial charge on any atom is -0.453 e. The molecule has 14 heteroatoms. The first kappa shape index (κ1) is 45.6. The van der Waals surface area contributed by atoms with E-state index in [9.17, 15) is 19.2 Å². The van der Waals surface area contributed by atoms with Gasteiger partial charge in [-0.1, -0.05) is 87.9 Å². The van der Waals surface area contributed by atoms with Gasteiger partial charge in [0.25, 0.3) is 0 Å². The summed E-state index contributed by atoms with van der Waals surface area (Å²) in [7, 11) is 2.65. The third kappa shape index (κ3) is 9.70. The SMILES string of the molecule is CCCN(C(=O)OC)C(C(=O)N1CCCC1c1ncc(-c2ccc3cc(-c4ccc(-c5cnc(C6C(C)CCCN6C(=O)C(C=C(C)C)NC(=O)OC)[nH]5)cc4)ccc3c2)[nH]1)C(C)C. The van der Waals surface area contributed by atoms with Crippen molar-refractivity contribution in [2.24, 2.45) is 11.8 Å². The van der Waals surface area contributed by atoms with Gasteiger partial charge in [-0.15, -0.1) is 0 Å². The molecule has 2 aliphatic rings. The van der Waals surface area contributed by atoms with Gasteiger partial charge in [0, 0.05) is 25.2 Å². The number of aromatic amines is 2. The molecule has 0 bridgehead atoms. The number of piperidine rings is 1. The predicted octanol–water partition coefficient (Wildman–Crippen LogP) is 9.44. The van der Waals surface area contributed by atoms with Gasteiger partial charge in [-0.05, 0) is 97.4 Å². The lowest BCUT2D eigenvalue weighted by Gasteiger charge is -2.40. The number of ether oxygens (including phenoxy) is 2. The summed E-state index contributed by atoms with van der Waals surface area (Å²) in [4.78, 5) is 74.8. The molecule has 2 aliphatic heterocycles. The molecule has 5 unspecified atom stereocenters. The highest BCUT2D eigenvalue weighted by Gasteiger charge is 2.41. The number of carbonyl (C=O) groups excluding carboxylic acids is 4. The zero-order valence-corrected chi connectivity index (χ0v) is 38.3. The van der Waals surface area contributed by atoms with E-state index in [0.717, 1.165) is 93.7 Å². The quantitative estimate of drug-likeness (QED) is 0.0985. The number of fused-ring (bicyclic) bond motifs is 1. The minimum atomic E-state index is -0.843. The number of allylic oxidation sites excluding steroid dienone is 1. The van der Waals surface area contributed by atoms with Crippen LogP contribution in [0.5, 0.6) is 0 Å². The summed E-state index contributed by atoms with van der Waals surface area (Å²) >= 11 is 0. The Bertz CT molecular complexity index is 2490. The number of hydrogen-bond donors (Lipinski definition) is 3. The topological polar surface area (TPSA) is 166 Å². The van der Waals surface area contributed by atoms with Crippen molar-refractivity contribution in [2.45, 2.75) is 97.8 Å². The van der Waals surface area contributed by atoms with E-state index in [1.54, 1.807) is 11.0 Å². The summed E-state index contributed by atoms with van der Waals surface area (Å²) in [6.07, 6.45) is 8.46. The first-order valence-corrected chi connectivity index (χ1v) is 22.5. The summed E-state index contributed by atoms with van der Waals surface area (Å²) in [5.41, 5.74) is 6.79. The van der Waals surface area contributed by atoms with Crippen LogP contribution in [0.3, 0.4) is 0 Å². The van der Waals surface area contributed by atoms with E-state index in [1.165, 1.54) is 14.2 Å². The fraction of sp³-hybridized carbons (Fsp3) is 0.440. The number of imidazole rings is 2. The molecule has 64 heavy (non-hydrogen) atoms. The Balaban J connectivity index is 1.05. The van der Waals surface area contributed by atoms with Gasteiger partial charge in [0.1, 0.15) is 23.7 Å². The van der Waals surface area contributed by atoms with Crippen LogP contribution in [0.2, 0.25) is 0 Å². The molecule has 4 amide bonds. The lowest BCUT2D eigenvalue weighted by atomic mass is 9.89. The average molecular weight is 871 g/mol. The third-order valence-electron chi connectivity index (χ3n) is 12.5. The Morgan fingerprint density at radius 1 is 0.797 bits per heavy atom. The number of hydrogen-bond acceptors (Lipinski definition) is 8. The Hall–Kier alpha value is -6.44. The fourth-order valence-electron chi connectivity index (χ4n) is 9.41. The van der Waals surface area contributed by atoms with Crippen LogP contribution in [0.15, 0.2) is 84.7 Å².